The number of carbonyl (C=O) groups is 1. The summed E-state index contributed by atoms with van der Waals surface area (Å²) in [6, 6.07) is 15.0. The molecular weight excluding hydrogens is 481 g/mol. The van der Waals surface area contributed by atoms with Crippen molar-refractivity contribution in [3.05, 3.63) is 82.5 Å². The molecule has 7 nitrogen and oxygen atoms in total. The molecule has 0 bridgehead atoms. The predicted molar refractivity (Wildman–Crippen MR) is 125 cm³/mol. The molecule has 1 amide bonds. The fraction of sp³-hybridized carbons (Fsp3) is 0.167. The van der Waals surface area contributed by atoms with Gasteiger partial charge in [-0.3, -0.25) is 15.1 Å². The van der Waals surface area contributed by atoms with E-state index in [-0.39, 0.29) is 17.5 Å². The predicted octanol–water partition coefficient (Wildman–Crippen LogP) is 5.77. The number of benzene rings is 2. The van der Waals surface area contributed by atoms with E-state index in [4.69, 9.17) is 9.47 Å². The average molecular weight is 501 g/mol. The molecule has 0 fully saturated rings. The molecule has 2 heterocycles. The molecule has 0 spiro atoms. The Morgan fingerprint density at radius 1 is 1.03 bits per heavy atom. The third-order valence-corrected chi connectivity index (χ3v) is 5.68. The van der Waals surface area contributed by atoms with E-state index in [0.29, 0.717) is 27.6 Å². The van der Waals surface area contributed by atoms with Crippen LogP contribution < -0.4 is 14.8 Å². The van der Waals surface area contributed by atoms with Crippen LogP contribution >= 0.6 is 11.3 Å². The molecule has 1 N–H and O–H groups in total. The minimum absolute atomic E-state index is 0.0164. The molecule has 0 radical (unpaired) electrons. The quantitative estimate of drug-likeness (QED) is 0.347. The number of methoxy groups -OCH3 is 1. The highest BCUT2D eigenvalue weighted by molar-refractivity contribution is 7.15. The maximum Gasteiger partial charge on any atom is 0.416 e. The molecule has 2 aromatic heterocycles. The van der Waals surface area contributed by atoms with Crippen molar-refractivity contribution in [1.82, 2.24) is 15.2 Å². The highest BCUT2D eigenvalue weighted by atomic mass is 32.1. The van der Waals surface area contributed by atoms with Crippen LogP contribution in [-0.2, 0) is 12.8 Å². The van der Waals surface area contributed by atoms with E-state index in [0.717, 1.165) is 29.2 Å². The molecule has 0 saturated heterocycles. The van der Waals surface area contributed by atoms with Gasteiger partial charge in [0.1, 0.15) is 18.1 Å². The lowest BCUT2D eigenvalue weighted by Gasteiger charge is -2.12. The van der Waals surface area contributed by atoms with Crippen LogP contribution in [0.5, 0.6) is 11.5 Å². The fourth-order valence-electron chi connectivity index (χ4n) is 3.20. The van der Waals surface area contributed by atoms with E-state index >= 15 is 0 Å². The number of nitrogens with one attached hydrogen (secondary N) is 1. The van der Waals surface area contributed by atoms with Crippen molar-refractivity contribution in [2.45, 2.75) is 19.7 Å². The molecule has 0 unspecified atom stereocenters. The summed E-state index contributed by atoms with van der Waals surface area (Å²) < 4.78 is 48.9. The van der Waals surface area contributed by atoms with Gasteiger partial charge in [0.15, 0.2) is 5.01 Å². The van der Waals surface area contributed by atoms with Crippen LogP contribution in [0.15, 0.2) is 60.7 Å². The fourth-order valence-corrected chi connectivity index (χ4v) is 3.85. The first kappa shape index (κ1) is 24.1. The lowest BCUT2D eigenvalue weighted by Crippen LogP contribution is -2.14. The molecule has 4 aromatic rings. The number of halogens is 3. The van der Waals surface area contributed by atoms with Crippen LogP contribution in [0.2, 0.25) is 0 Å². The van der Waals surface area contributed by atoms with Crippen LogP contribution in [0.3, 0.4) is 0 Å². The van der Waals surface area contributed by atoms with Gasteiger partial charge in [0, 0.05) is 11.3 Å². The van der Waals surface area contributed by atoms with Crippen LogP contribution in [0.25, 0.3) is 11.3 Å². The first-order valence-corrected chi connectivity index (χ1v) is 11.1. The molecule has 0 aliphatic rings. The number of carbonyl (C=O) groups excluding carboxylic acids is 1. The smallest absolute Gasteiger partial charge is 0.416 e. The van der Waals surface area contributed by atoms with Gasteiger partial charge >= 0.3 is 6.18 Å². The van der Waals surface area contributed by atoms with Crippen molar-refractivity contribution < 1.29 is 27.4 Å². The molecule has 35 heavy (non-hydrogen) atoms. The van der Waals surface area contributed by atoms with Crippen molar-refractivity contribution in [2.75, 3.05) is 12.4 Å². The number of alkyl halides is 3. The Labute approximate surface area is 202 Å². The molecule has 2 aromatic carbocycles. The maximum atomic E-state index is 13.0. The molecule has 0 aliphatic heterocycles. The minimum atomic E-state index is -4.41. The van der Waals surface area contributed by atoms with Crippen molar-refractivity contribution in [3.63, 3.8) is 0 Å². The minimum Gasteiger partial charge on any atom is -0.496 e. The zero-order chi connectivity index (χ0) is 25.0. The topological polar surface area (TPSA) is 86.2 Å². The summed E-state index contributed by atoms with van der Waals surface area (Å²) in [4.78, 5) is 17.6. The number of rotatable bonds is 7. The van der Waals surface area contributed by atoms with E-state index in [9.17, 15) is 18.0 Å². The Kier molecular flexibility index (Phi) is 6.97. The number of nitrogens with zero attached hydrogens (tertiary/aromatic N) is 3. The first-order chi connectivity index (χ1) is 16.7. The summed E-state index contributed by atoms with van der Waals surface area (Å²) in [6.07, 6.45) is -4.41. The van der Waals surface area contributed by atoms with Gasteiger partial charge in [-0.2, -0.15) is 13.2 Å². The molecule has 0 saturated carbocycles. The molecule has 4 rings (SSSR count). The maximum absolute atomic E-state index is 13.0. The first-order valence-electron chi connectivity index (χ1n) is 10.3. The second kappa shape index (κ2) is 10.1. The van der Waals surface area contributed by atoms with E-state index < -0.39 is 17.6 Å². The Balaban J connectivity index is 1.46. The standard InChI is InChI=1S/C24H19F3N4O3S/c1-14-7-12-18(21(28-14)17-5-3-4-6-19(17)33-2)22(32)29-23-31-30-20(35-23)13-34-16-10-8-15(9-11-16)24(25,26)27/h3-12H,13H2,1-2H3,(H,29,31,32). The van der Waals surface area contributed by atoms with E-state index in [2.05, 4.69) is 20.5 Å². The average Bonchev–Trinajstić information content (AvgIpc) is 3.29. The Morgan fingerprint density at radius 3 is 2.49 bits per heavy atom. The van der Waals surface area contributed by atoms with Crippen LogP contribution in [-0.4, -0.2) is 28.2 Å². The lowest BCUT2D eigenvalue weighted by atomic mass is 10.0. The largest absolute Gasteiger partial charge is 0.496 e. The van der Waals surface area contributed by atoms with Gasteiger partial charge in [-0.05, 0) is 55.5 Å². The van der Waals surface area contributed by atoms with E-state index in [1.807, 2.05) is 25.1 Å². The summed E-state index contributed by atoms with van der Waals surface area (Å²) in [5.74, 6) is 0.411. The van der Waals surface area contributed by atoms with Gasteiger partial charge in [-0.25, -0.2) is 0 Å². The van der Waals surface area contributed by atoms with Crippen LogP contribution in [0.1, 0.15) is 26.6 Å². The van der Waals surface area contributed by atoms with Crippen molar-refractivity contribution in [3.8, 4) is 22.8 Å². The number of para-hydroxylation sites is 1. The van der Waals surface area contributed by atoms with Gasteiger partial charge in [0.05, 0.1) is 23.9 Å². The van der Waals surface area contributed by atoms with Gasteiger partial charge < -0.3 is 9.47 Å². The zero-order valence-corrected chi connectivity index (χ0v) is 19.4. The highest BCUT2D eigenvalue weighted by Gasteiger charge is 2.30. The van der Waals surface area contributed by atoms with Gasteiger partial charge in [-0.1, -0.05) is 23.5 Å². The van der Waals surface area contributed by atoms with Gasteiger partial charge in [0.2, 0.25) is 5.13 Å². The van der Waals surface area contributed by atoms with E-state index in [1.165, 1.54) is 12.1 Å². The molecule has 0 aliphatic carbocycles. The van der Waals surface area contributed by atoms with E-state index in [1.54, 1.807) is 25.3 Å². The van der Waals surface area contributed by atoms with Crippen LogP contribution in [0.4, 0.5) is 18.3 Å². The highest BCUT2D eigenvalue weighted by Crippen LogP contribution is 2.32. The number of aromatic nitrogens is 3. The van der Waals surface area contributed by atoms with Gasteiger partial charge in [0.25, 0.3) is 5.91 Å². The molecule has 11 heteroatoms. The molecular formula is C24H19F3N4O3S. The molecule has 0 atom stereocenters. The Hall–Kier alpha value is -3.99. The SMILES string of the molecule is COc1ccccc1-c1nc(C)ccc1C(=O)Nc1nnc(COc2ccc(C(F)(F)F)cc2)s1. The number of amides is 1. The third kappa shape index (κ3) is 5.75. The van der Waals surface area contributed by atoms with Crippen molar-refractivity contribution >= 4 is 22.4 Å². The monoisotopic (exact) mass is 500 g/mol. The number of hydrogen-bond donors (Lipinski definition) is 1. The summed E-state index contributed by atoms with van der Waals surface area (Å²) in [5.41, 5.74) is 1.45. The summed E-state index contributed by atoms with van der Waals surface area (Å²) in [5, 5.41) is 11.3. The second-order valence-electron chi connectivity index (χ2n) is 7.31. The van der Waals surface area contributed by atoms with Gasteiger partial charge in [-0.15, -0.1) is 10.2 Å². The Morgan fingerprint density at radius 2 is 1.77 bits per heavy atom. The zero-order valence-electron chi connectivity index (χ0n) is 18.6. The number of pyridine rings is 1. The van der Waals surface area contributed by atoms with Crippen molar-refractivity contribution in [1.29, 1.82) is 0 Å². The lowest BCUT2D eigenvalue weighted by molar-refractivity contribution is -0.137. The summed E-state index contributed by atoms with van der Waals surface area (Å²) in [7, 11) is 1.55. The van der Waals surface area contributed by atoms with Crippen molar-refractivity contribution in [2.24, 2.45) is 0 Å². The number of aryl methyl sites for hydroxylation is 1. The number of anilines is 1. The number of ether oxygens (including phenoxy) is 2. The summed E-state index contributed by atoms with van der Waals surface area (Å²) >= 11 is 1.09. The third-order valence-electron chi connectivity index (χ3n) is 4.87. The molecule has 180 valence electrons. The number of hydrogen-bond acceptors (Lipinski definition) is 7. The second-order valence-corrected chi connectivity index (χ2v) is 8.38. The van der Waals surface area contributed by atoms with Crippen LogP contribution in [0, 0.1) is 6.92 Å². The summed E-state index contributed by atoms with van der Waals surface area (Å²) in [6.45, 7) is 1.81. The Bertz CT molecular complexity index is 1340. The normalized spacial score (nSPS) is 11.2.